The predicted octanol–water partition coefficient (Wildman–Crippen LogP) is 13.0. The van der Waals surface area contributed by atoms with Crippen LogP contribution in [0.25, 0.3) is 95.8 Å². The van der Waals surface area contributed by atoms with Crippen LogP contribution in [0.15, 0.2) is 164 Å². The van der Waals surface area contributed by atoms with Crippen molar-refractivity contribution in [3.63, 3.8) is 0 Å². The van der Waals surface area contributed by atoms with E-state index in [1.165, 1.54) is 101 Å². The first-order valence-corrected chi connectivity index (χ1v) is 18.3. The van der Waals surface area contributed by atoms with Gasteiger partial charge in [0.15, 0.2) is 0 Å². The van der Waals surface area contributed by atoms with Gasteiger partial charge in [-0.15, -0.1) is 0 Å². The third kappa shape index (κ3) is 3.96. The number of hydrogen-bond acceptors (Lipinski definition) is 0. The fourth-order valence-electron chi connectivity index (χ4n) is 8.22. The number of benzene rings is 9. The zero-order chi connectivity index (χ0) is 31.8. The van der Waals surface area contributed by atoms with Gasteiger partial charge in [0.2, 0.25) is 0 Å². The zero-order valence-electron chi connectivity index (χ0n) is 26.5. The number of fused-ring (bicyclic) bond motifs is 7. The van der Waals surface area contributed by atoms with E-state index in [0.717, 1.165) is 0 Å². The third-order valence-corrected chi connectivity index (χ3v) is 12.8. The summed E-state index contributed by atoms with van der Waals surface area (Å²) in [4.78, 5) is 0. The summed E-state index contributed by atoms with van der Waals surface area (Å²) in [5, 5.41) is 13.3. The zero-order valence-corrected chi connectivity index (χ0v) is 28.2. The maximum atomic E-state index is 2.37. The standard InChI is InChI=1S/C47H30Se/c1-29-31-17-5-7-19-33(31)45(34-20-8-6-18-32(29)34)40-26-13-27-41-46-39(25-14-28-42(46)48-47(40)41)44-37-23-11-9-21-35(37)43(30-15-3-2-4-16-30)36-22-10-12-24-38(36)44/h2-28H,1H3. The number of aryl methyl sites for hydroxylation is 1. The molecule has 0 aliphatic heterocycles. The molecular formula is C47H30Se. The Hall–Kier alpha value is -5.46. The fourth-order valence-corrected chi connectivity index (χ4v) is 10.8. The molecule has 224 valence electrons. The Morgan fingerprint density at radius 3 is 1.33 bits per heavy atom. The fraction of sp³-hybridized carbons (Fsp3) is 0.0213. The minimum absolute atomic E-state index is 0.167. The van der Waals surface area contributed by atoms with Crippen LogP contribution < -0.4 is 0 Å². The van der Waals surface area contributed by atoms with Crippen LogP contribution in [0, 0.1) is 6.92 Å². The van der Waals surface area contributed by atoms with Crippen LogP contribution in [-0.4, -0.2) is 14.5 Å². The molecule has 10 aromatic rings. The Morgan fingerprint density at radius 1 is 0.333 bits per heavy atom. The average molecular weight is 674 g/mol. The molecular weight excluding hydrogens is 643 g/mol. The molecule has 0 N–H and O–H groups in total. The molecule has 0 atom stereocenters. The molecule has 0 aliphatic carbocycles. The SMILES string of the molecule is Cc1c2ccccc2c(-c2cccc3c2[se]c2cccc(-c4c5ccccc5c(-c5ccccc5)c5ccccc45)c23)c2ccccc12. The van der Waals surface area contributed by atoms with Gasteiger partial charge < -0.3 is 0 Å². The van der Waals surface area contributed by atoms with Crippen LogP contribution in [0.2, 0.25) is 0 Å². The molecule has 9 aromatic carbocycles. The Kier molecular flexibility index (Phi) is 6.21. The molecule has 1 heteroatoms. The first kappa shape index (κ1) is 27.6. The van der Waals surface area contributed by atoms with Gasteiger partial charge in [0.1, 0.15) is 0 Å². The Labute approximate surface area is 285 Å². The molecule has 0 unspecified atom stereocenters. The molecule has 10 rings (SSSR count). The first-order valence-electron chi connectivity index (χ1n) is 16.6. The quantitative estimate of drug-likeness (QED) is 0.129. The Bertz CT molecular complexity index is 2780. The van der Waals surface area contributed by atoms with Crippen LogP contribution in [0.4, 0.5) is 0 Å². The van der Waals surface area contributed by atoms with E-state index in [9.17, 15) is 0 Å². The van der Waals surface area contributed by atoms with Crippen LogP contribution in [0.5, 0.6) is 0 Å². The molecule has 0 aliphatic rings. The summed E-state index contributed by atoms with van der Waals surface area (Å²) in [7, 11) is 0. The molecule has 0 fully saturated rings. The average Bonchev–Trinajstić information content (AvgIpc) is 3.54. The normalized spacial score (nSPS) is 11.9. The summed E-state index contributed by atoms with van der Waals surface area (Å²) in [5.74, 6) is 0. The van der Waals surface area contributed by atoms with Gasteiger partial charge >= 0.3 is 287 Å². The number of hydrogen-bond donors (Lipinski definition) is 0. The van der Waals surface area contributed by atoms with Crippen LogP contribution in [0.3, 0.4) is 0 Å². The van der Waals surface area contributed by atoms with E-state index >= 15 is 0 Å². The molecule has 1 aromatic heterocycles. The molecule has 0 bridgehead atoms. The van der Waals surface area contributed by atoms with E-state index in [-0.39, 0.29) is 14.5 Å². The topological polar surface area (TPSA) is 0 Å². The van der Waals surface area contributed by atoms with Gasteiger partial charge in [-0.1, -0.05) is 0 Å². The van der Waals surface area contributed by atoms with E-state index in [4.69, 9.17) is 0 Å². The second kappa shape index (κ2) is 10.8. The van der Waals surface area contributed by atoms with Crippen LogP contribution >= 0.6 is 0 Å². The minimum atomic E-state index is 0.167. The van der Waals surface area contributed by atoms with Crippen molar-refractivity contribution in [1.29, 1.82) is 0 Å². The Balaban J connectivity index is 1.33. The van der Waals surface area contributed by atoms with Crippen molar-refractivity contribution in [3.05, 3.63) is 169 Å². The van der Waals surface area contributed by atoms with Crippen molar-refractivity contribution in [2.45, 2.75) is 6.92 Å². The predicted molar refractivity (Wildman–Crippen MR) is 209 cm³/mol. The van der Waals surface area contributed by atoms with Crippen molar-refractivity contribution in [1.82, 2.24) is 0 Å². The van der Waals surface area contributed by atoms with Crippen molar-refractivity contribution in [2.75, 3.05) is 0 Å². The van der Waals surface area contributed by atoms with Crippen molar-refractivity contribution >= 4 is 76.9 Å². The van der Waals surface area contributed by atoms with Gasteiger partial charge in [0, 0.05) is 0 Å². The van der Waals surface area contributed by atoms with Crippen molar-refractivity contribution in [2.24, 2.45) is 0 Å². The van der Waals surface area contributed by atoms with E-state index in [0.29, 0.717) is 0 Å². The molecule has 0 nitrogen and oxygen atoms in total. The van der Waals surface area contributed by atoms with Gasteiger partial charge in [-0.3, -0.25) is 0 Å². The van der Waals surface area contributed by atoms with Crippen LogP contribution in [-0.2, 0) is 0 Å². The van der Waals surface area contributed by atoms with Gasteiger partial charge in [-0.05, 0) is 0 Å². The second-order valence-electron chi connectivity index (χ2n) is 12.8. The second-order valence-corrected chi connectivity index (χ2v) is 15.0. The molecule has 0 saturated carbocycles. The van der Waals surface area contributed by atoms with E-state index in [2.05, 4.69) is 171 Å². The summed E-state index contributed by atoms with van der Waals surface area (Å²) < 4.78 is 2.95. The molecule has 0 amide bonds. The third-order valence-electron chi connectivity index (χ3n) is 10.3. The maximum absolute atomic E-state index is 2.37. The van der Waals surface area contributed by atoms with Crippen molar-refractivity contribution < 1.29 is 0 Å². The summed E-state index contributed by atoms with van der Waals surface area (Å²) in [6, 6.07) is 60.9. The molecule has 48 heavy (non-hydrogen) atoms. The van der Waals surface area contributed by atoms with E-state index < -0.39 is 0 Å². The molecule has 0 radical (unpaired) electrons. The molecule has 0 spiro atoms. The summed E-state index contributed by atoms with van der Waals surface area (Å²) in [6.07, 6.45) is 0. The van der Waals surface area contributed by atoms with E-state index in [1.807, 2.05) is 0 Å². The summed E-state index contributed by atoms with van der Waals surface area (Å²) >= 11 is 0.167. The van der Waals surface area contributed by atoms with E-state index in [1.54, 1.807) is 0 Å². The van der Waals surface area contributed by atoms with Gasteiger partial charge in [0.25, 0.3) is 0 Å². The monoisotopic (exact) mass is 674 g/mol. The molecule has 1 heterocycles. The van der Waals surface area contributed by atoms with Gasteiger partial charge in [-0.25, -0.2) is 0 Å². The summed E-state index contributed by atoms with van der Waals surface area (Å²) in [6.45, 7) is 2.27. The number of rotatable bonds is 3. The first-order chi connectivity index (χ1) is 23.8. The van der Waals surface area contributed by atoms with Gasteiger partial charge in [0.05, 0.1) is 0 Å². The summed E-state index contributed by atoms with van der Waals surface area (Å²) in [5.41, 5.74) is 9.31. The van der Waals surface area contributed by atoms with Gasteiger partial charge in [-0.2, -0.15) is 0 Å². The Morgan fingerprint density at radius 2 is 0.750 bits per heavy atom. The molecule has 0 saturated heterocycles. The van der Waals surface area contributed by atoms with Crippen LogP contribution in [0.1, 0.15) is 5.56 Å². The van der Waals surface area contributed by atoms with Crippen molar-refractivity contribution in [3.8, 4) is 33.4 Å².